The first-order valence-electron chi connectivity index (χ1n) is 7.87. The van der Waals surface area contributed by atoms with Gasteiger partial charge in [-0.05, 0) is 32.6 Å². The summed E-state index contributed by atoms with van der Waals surface area (Å²) in [5.41, 5.74) is 2.55. The second-order valence-corrected chi connectivity index (χ2v) is 5.87. The number of imidazole rings is 1. The third-order valence-corrected chi connectivity index (χ3v) is 3.88. The highest BCUT2D eigenvalue weighted by Crippen LogP contribution is 2.24. The summed E-state index contributed by atoms with van der Waals surface area (Å²) in [5.74, 6) is 3.01. The molecule has 0 aliphatic heterocycles. The van der Waals surface area contributed by atoms with Crippen molar-refractivity contribution in [2.45, 2.75) is 52.4 Å². The molecule has 0 fully saturated rings. The fraction of sp³-hybridized carbons (Fsp3) is 0.562. The number of hydrogen-bond donors (Lipinski definition) is 1. The van der Waals surface area contributed by atoms with Gasteiger partial charge in [0.25, 0.3) is 0 Å². The molecule has 0 aromatic carbocycles. The monoisotopic (exact) mass is 285 g/mol. The smallest absolute Gasteiger partial charge is 0.143 e. The van der Waals surface area contributed by atoms with E-state index in [-0.39, 0.29) is 0 Å². The van der Waals surface area contributed by atoms with Crippen molar-refractivity contribution < 1.29 is 0 Å². The quantitative estimate of drug-likeness (QED) is 0.938. The SMILES string of the molecule is CCNc1cc(-n2cnc3c2CCCC3)nc(C(C)C)n1. The van der Waals surface area contributed by atoms with Gasteiger partial charge in [-0.15, -0.1) is 0 Å². The molecule has 1 aliphatic rings. The Kier molecular flexibility index (Phi) is 3.90. The van der Waals surface area contributed by atoms with Crippen LogP contribution in [0.3, 0.4) is 0 Å². The molecule has 2 aromatic heterocycles. The highest BCUT2D eigenvalue weighted by Gasteiger charge is 2.18. The van der Waals surface area contributed by atoms with Crippen molar-refractivity contribution in [1.82, 2.24) is 19.5 Å². The minimum atomic E-state index is 0.307. The zero-order valence-corrected chi connectivity index (χ0v) is 13.1. The summed E-state index contributed by atoms with van der Waals surface area (Å²) >= 11 is 0. The zero-order valence-electron chi connectivity index (χ0n) is 13.1. The molecular formula is C16H23N5. The molecule has 2 heterocycles. The molecular weight excluding hydrogens is 262 g/mol. The maximum absolute atomic E-state index is 4.74. The summed E-state index contributed by atoms with van der Waals surface area (Å²) in [7, 11) is 0. The molecule has 3 rings (SSSR count). The highest BCUT2D eigenvalue weighted by atomic mass is 15.2. The van der Waals surface area contributed by atoms with E-state index in [2.05, 4.69) is 40.6 Å². The minimum absolute atomic E-state index is 0.307. The van der Waals surface area contributed by atoms with Crippen molar-refractivity contribution in [2.24, 2.45) is 0 Å². The normalized spacial score (nSPS) is 14.3. The Hall–Kier alpha value is -1.91. The van der Waals surface area contributed by atoms with E-state index in [0.717, 1.165) is 36.8 Å². The van der Waals surface area contributed by atoms with E-state index < -0.39 is 0 Å². The van der Waals surface area contributed by atoms with Crippen LogP contribution in [0.25, 0.3) is 5.82 Å². The number of anilines is 1. The average Bonchev–Trinajstić information content (AvgIpc) is 2.91. The summed E-state index contributed by atoms with van der Waals surface area (Å²) in [6.07, 6.45) is 6.57. The van der Waals surface area contributed by atoms with E-state index in [0.29, 0.717) is 5.92 Å². The molecule has 1 aliphatic carbocycles. The van der Waals surface area contributed by atoms with Crippen molar-refractivity contribution in [3.63, 3.8) is 0 Å². The van der Waals surface area contributed by atoms with Crippen molar-refractivity contribution in [3.8, 4) is 5.82 Å². The van der Waals surface area contributed by atoms with Crippen molar-refractivity contribution in [3.05, 3.63) is 29.6 Å². The maximum atomic E-state index is 4.74. The molecule has 0 amide bonds. The van der Waals surface area contributed by atoms with Crippen molar-refractivity contribution in [2.75, 3.05) is 11.9 Å². The molecule has 0 spiro atoms. The molecule has 0 radical (unpaired) electrons. The van der Waals surface area contributed by atoms with Gasteiger partial charge in [0.1, 0.15) is 23.8 Å². The molecule has 21 heavy (non-hydrogen) atoms. The Morgan fingerprint density at radius 3 is 2.81 bits per heavy atom. The van der Waals surface area contributed by atoms with Gasteiger partial charge in [0.05, 0.1) is 5.69 Å². The van der Waals surface area contributed by atoms with Gasteiger partial charge in [-0.3, -0.25) is 4.57 Å². The molecule has 0 atom stereocenters. The van der Waals surface area contributed by atoms with Gasteiger partial charge in [-0.1, -0.05) is 13.8 Å². The number of aryl methyl sites for hydroxylation is 1. The molecule has 5 nitrogen and oxygen atoms in total. The largest absolute Gasteiger partial charge is 0.370 e. The number of hydrogen-bond acceptors (Lipinski definition) is 4. The Bertz CT molecular complexity index is 630. The highest BCUT2D eigenvalue weighted by molar-refractivity contribution is 5.43. The lowest BCUT2D eigenvalue weighted by Crippen LogP contribution is -2.11. The first kappa shape index (κ1) is 14.0. The van der Waals surface area contributed by atoms with Crippen LogP contribution in [-0.2, 0) is 12.8 Å². The Morgan fingerprint density at radius 1 is 1.24 bits per heavy atom. The summed E-state index contributed by atoms with van der Waals surface area (Å²) in [6.45, 7) is 7.18. The van der Waals surface area contributed by atoms with Crippen LogP contribution in [-0.4, -0.2) is 26.1 Å². The molecule has 0 saturated carbocycles. The van der Waals surface area contributed by atoms with Gasteiger partial charge in [0.15, 0.2) is 0 Å². The Morgan fingerprint density at radius 2 is 2.05 bits per heavy atom. The van der Waals surface area contributed by atoms with Crippen LogP contribution < -0.4 is 5.32 Å². The van der Waals surface area contributed by atoms with Crippen LogP contribution in [0, 0.1) is 0 Å². The van der Waals surface area contributed by atoms with Crippen molar-refractivity contribution in [1.29, 1.82) is 0 Å². The number of aromatic nitrogens is 4. The number of nitrogens with zero attached hydrogens (tertiary/aromatic N) is 4. The van der Waals surface area contributed by atoms with Crippen LogP contribution in [0.4, 0.5) is 5.82 Å². The first-order chi connectivity index (χ1) is 10.2. The van der Waals surface area contributed by atoms with Gasteiger partial charge in [-0.25, -0.2) is 15.0 Å². The van der Waals surface area contributed by atoms with Crippen LogP contribution in [0.1, 0.15) is 56.7 Å². The topological polar surface area (TPSA) is 55.6 Å². The molecule has 0 unspecified atom stereocenters. The standard InChI is InChI=1S/C16H23N5/c1-4-17-14-9-15(20-16(19-14)11(2)3)21-10-18-12-7-5-6-8-13(12)21/h9-11H,4-8H2,1-3H3,(H,17,19,20). The maximum Gasteiger partial charge on any atom is 0.143 e. The van der Waals surface area contributed by atoms with Crippen LogP contribution >= 0.6 is 0 Å². The summed E-state index contributed by atoms with van der Waals surface area (Å²) in [5, 5.41) is 3.30. The summed E-state index contributed by atoms with van der Waals surface area (Å²) in [4.78, 5) is 13.9. The number of nitrogens with one attached hydrogen (secondary N) is 1. The fourth-order valence-corrected chi connectivity index (χ4v) is 2.77. The molecule has 2 aromatic rings. The van der Waals surface area contributed by atoms with Crippen LogP contribution in [0.15, 0.2) is 12.4 Å². The molecule has 5 heteroatoms. The van der Waals surface area contributed by atoms with Crippen LogP contribution in [0.2, 0.25) is 0 Å². The van der Waals surface area contributed by atoms with E-state index in [4.69, 9.17) is 4.98 Å². The van der Waals surface area contributed by atoms with Gasteiger partial charge in [0.2, 0.25) is 0 Å². The zero-order chi connectivity index (χ0) is 14.8. The Balaban J connectivity index is 2.06. The van der Waals surface area contributed by atoms with E-state index >= 15 is 0 Å². The number of fused-ring (bicyclic) bond motifs is 1. The molecule has 0 saturated heterocycles. The van der Waals surface area contributed by atoms with Crippen molar-refractivity contribution >= 4 is 5.82 Å². The number of rotatable bonds is 4. The summed E-state index contributed by atoms with van der Waals surface area (Å²) < 4.78 is 2.14. The third kappa shape index (κ3) is 2.77. The van der Waals surface area contributed by atoms with E-state index in [1.807, 2.05) is 12.4 Å². The minimum Gasteiger partial charge on any atom is -0.370 e. The molecule has 112 valence electrons. The lowest BCUT2D eigenvalue weighted by molar-refractivity contribution is 0.652. The van der Waals surface area contributed by atoms with Gasteiger partial charge >= 0.3 is 0 Å². The average molecular weight is 285 g/mol. The first-order valence-corrected chi connectivity index (χ1v) is 7.87. The Labute approximate surface area is 125 Å². The van der Waals surface area contributed by atoms with E-state index in [1.165, 1.54) is 24.2 Å². The second kappa shape index (κ2) is 5.84. The fourth-order valence-electron chi connectivity index (χ4n) is 2.77. The van der Waals surface area contributed by atoms with E-state index in [1.54, 1.807) is 0 Å². The predicted molar refractivity (Wildman–Crippen MR) is 84.0 cm³/mol. The lowest BCUT2D eigenvalue weighted by atomic mass is 10.0. The van der Waals surface area contributed by atoms with Gasteiger partial charge < -0.3 is 5.32 Å². The molecule has 1 N–H and O–H groups in total. The van der Waals surface area contributed by atoms with E-state index in [9.17, 15) is 0 Å². The lowest BCUT2D eigenvalue weighted by Gasteiger charge is -2.15. The predicted octanol–water partition coefficient (Wildman–Crippen LogP) is 3.10. The van der Waals surface area contributed by atoms with Crippen LogP contribution in [0.5, 0.6) is 0 Å². The van der Waals surface area contributed by atoms with Gasteiger partial charge in [-0.2, -0.15) is 0 Å². The second-order valence-electron chi connectivity index (χ2n) is 5.87. The molecule has 0 bridgehead atoms. The van der Waals surface area contributed by atoms with Gasteiger partial charge in [0, 0.05) is 24.2 Å². The third-order valence-electron chi connectivity index (χ3n) is 3.88. The summed E-state index contributed by atoms with van der Waals surface area (Å²) in [6, 6.07) is 2.02.